The highest BCUT2D eigenvalue weighted by molar-refractivity contribution is 5.94. The topological polar surface area (TPSA) is 54.0 Å². The summed E-state index contributed by atoms with van der Waals surface area (Å²) in [7, 11) is 3.77. The third-order valence-electron chi connectivity index (χ3n) is 5.00. The molecule has 1 amide bonds. The van der Waals surface area contributed by atoms with Crippen LogP contribution in [0.4, 0.5) is 11.4 Å². The molecule has 0 unspecified atom stereocenters. The van der Waals surface area contributed by atoms with Crippen LogP contribution < -0.4 is 19.7 Å². The molecule has 0 bridgehead atoms. The number of amides is 1. The zero-order chi connectivity index (χ0) is 19.9. The fraction of sp³-hybridized carbons (Fsp3) is 0.409. The van der Waals surface area contributed by atoms with E-state index >= 15 is 0 Å². The van der Waals surface area contributed by atoms with Crippen LogP contribution in [0.3, 0.4) is 0 Å². The van der Waals surface area contributed by atoms with Crippen molar-refractivity contribution in [2.24, 2.45) is 0 Å². The van der Waals surface area contributed by atoms with Crippen molar-refractivity contribution in [1.82, 2.24) is 4.90 Å². The van der Waals surface area contributed by atoms with Crippen molar-refractivity contribution in [3.63, 3.8) is 0 Å². The Morgan fingerprint density at radius 2 is 1.61 bits per heavy atom. The van der Waals surface area contributed by atoms with E-state index in [2.05, 4.69) is 34.3 Å². The number of benzene rings is 2. The minimum Gasteiger partial charge on any atom is -0.497 e. The third-order valence-corrected chi connectivity index (χ3v) is 5.00. The van der Waals surface area contributed by atoms with Crippen LogP contribution in [0, 0.1) is 0 Å². The van der Waals surface area contributed by atoms with Crippen LogP contribution in [0.1, 0.15) is 13.3 Å². The van der Waals surface area contributed by atoms with Gasteiger partial charge < -0.3 is 24.6 Å². The zero-order valence-electron chi connectivity index (χ0n) is 16.9. The number of nitrogens with zero attached hydrogens (tertiary/aromatic N) is 2. The Labute approximate surface area is 167 Å². The number of methoxy groups -OCH3 is 1. The number of hydrogen-bond donors (Lipinski definition) is 1. The van der Waals surface area contributed by atoms with Gasteiger partial charge in [-0.2, -0.15) is 0 Å². The molecule has 0 saturated carbocycles. The second-order valence-electron chi connectivity index (χ2n) is 7.02. The molecule has 1 aliphatic heterocycles. The van der Waals surface area contributed by atoms with E-state index in [0.717, 1.165) is 37.6 Å². The number of nitrogens with one attached hydrogen (secondary N) is 1. The minimum atomic E-state index is -0.550. The molecule has 2 aromatic rings. The Morgan fingerprint density at radius 3 is 2.18 bits per heavy atom. The number of likely N-dealkylation sites (N-methyl/N-ethyl adjacent to an activating group) is 1. The quantitative estimate of drug-likeness (QED) is 0.795. The van der Waals surface area contributed by atoms with Gasteiger partial charge in [-0.25, -0.2) is 0 Å². The van der Waals surface area contributed by atoms with Crippen LogP contribution in [0.5, 0.6) is 11.5 Å². The molecule has 1 heterocycles. The highest BCUT2D eigenvalue weighted by Crippen LogP contribution is 2.21. The maximum atomic E-state index is 12.6. The van der Waals surface area contributed by atoms with Gasteiger partial charge in [0.1, 0.15) is 11.5 Å². The first-order valence-corrected chi connectivity index (χ1v) is 9.74. The molecule has 1 saturated heterocycles. The molecule has 28 heavy (non-hydrogen) atoms. The lowest BCUT2D eigenvalue weighted by molar-refractivity contribution is -0.122. The van der Waals surface area contributed by atoms with Gasteiger partial charge in [0, 0.05) is 37.6 Å². The van der Waals surface area contributed by atoms with Crippen LogP contribution in [-0.2, 0) is 4.79 Å². The monoisotopic (exact) mass is 383 g/mol. The number of carbonyl (C=O) groups excluding carboxylic acids is 1. The Hall–Kier alpha value is -2.73. The highest BCUT2D eigenvalue weighted by Gasteiger charge is 2.19. The summed E-state index contributed by atoms with van der Waals surface area (Å²) in [6.45, 7) is 6.12. The minimum absolute atomic E-state index is 0.148. The van der Waals surface area contributed by atoms with Crippen LogP contribution in [0.2, 0.25) is 0 Å². The Balaban J connectivity index is 1.57. The first-order valence-electron chi connectivity index (χ1n) is 9.74. The van der Waals surface area contributed by atoms with Crippen molar-refractivity contribution in [3.8, 4) is 11.5 Å². The van der Waals surface area contributed by atoms with Crippen LogP contribution in [0.15, 0.2) is 48.5 Å². The van der Waals surface area contributed by atoms with Gasteiger partial charge in [-0.1, -0.05) is 6.92 Å². The number of ether oxygens (including phenoxy) is 2. The summed E-state index contributed by atoms with van der Waals surface area (Å²) < 4.78 is 11.0. The lowest BCUT2D eigenvalue weighted by Crippen LogP contribution is -2.44. The van der Waals surface area contributed by atoms with Crippen molar-refractivity contribution in [2.75, 3.05) is 50.6 Å². The molecule has 1 fully saturated rings. The van der Waals surface area contributed by atoms with E-state index in [1.807, 2.05) is 31.2 Å². The van der Waals surface area contributed by atoms with Crippen molar-refractivity contribution >= 4 is 17.3 Å². The predicted octanol–water partition coefficient (Wildman–Crippen LogP) is 3.24. The normalized spacial score (nSPS) is 15.8. The van der Waals surface area contributed by atoms with Gasteiger partial charge in [0.15, 0.2) is 6.10 Å². The standard InChI is InChI=1S/C22H29N3O3/c1-4-21(28-20-11-9-19(27-3)10-12-20)22(26)23-17-5-7-18(8-6-17)25-15-13-24(2)14-16-25/h5-12,21H,4,13-16H2,1-3H3,(H,23,26)/t21-/m1/s1. The van der Waals surface area contributed by atoms with Crippen LogP contribution in [0.25, 0.3) is 0 Å². The third kappa shape index (κ3) is 5.16. The molecule has 0 aliphatic carbocycles. The first-order chi connectivity index (χ1) is 13.6. The number of piperazine rings is 1. The van der Waals surface area contributed by atoms with E-state index in [0.29, 0.717) is 12.2 Å². The van der Waals surface area contributed by atoms with E-state index in [9.17, 15) is 4.79 Å². The van der Waals surface area contributed by atoms with Gasteiger partial charge in [-0.05, 0) is 62.0 Å². The number of rotatable bonds is 7. The summed E-state index contributed by atoms with van der Waals surface area (Å²) in [6, 6.07) is 15.3. The summed E-state index contributed by atoms with van der Waals surface area (Å²) in [6.07, 6.45) is 0.0303. The Bertz CT molecular complexity index is 754. The van der Waals surface area contributed by atoms with E-state index < -0.39 is 6.10 Å². The lowest BCUT2D eigenvalue weighted by Gasteiger charge is -2.34. The molecular weight excluding hydrogens is 354 g/mol. The van der Waals surface area contributed by atoms with Gasteiger partial charge >= 0.3 is 0 Å². The van der Waals surface area contributed by atoms with E-state index in [1.54, 1.807) is 19.2 Å². The average molecular weight is 383 g/mol. The van der Waals surface area contributed by atoms with Crippen molar-refractivity contribution in [2.45, 2.75) is 19.4 Å². The Morgan fingerprint density at radius 1 is 1.00 bits per heavy atom. The molecule has 0 spiro atoms. The fourth-order valence-electron chi connectivity index (χ4n) is 3.18. The maximum Gasteiger partial charge on any atom is 0.265 e. The molecule has 1 aliphatic rings. The lowest BCUT2D eigenvalue weighted by atomic mass is 10.2. The van der Waals surface area contributed by atoms with Crippen LogP contribution >= 0.6 is 0 Å². The number of hydrogen-bond acceptors (Lipinski definition) is 5. The molecule has 6 nitrogen and oxygen atoms in total. The smallest absolute Gasteiger partial charge is 0.265 e. The van der Waals surface area contributed by atoms with Crippen molar-refractivity contribution < 1.29 is 14.3 Å². The molecule has 150 valence electrons. The molecular formula is C22H29N3O3. The van der Waals surface area contributed by atoms with Crippen LogP contribution in [-0.4, -0.2) is 57.2 Å². The van der Waals surface area contributed by atoms with E-state index in [1.165, 1.54) is 5.69 Å². The summed E-state index contributed by atoms with van der Waals surface area (Å²) in [5.41, 5.74) is 1.97. The van der Waals surface area contributed by atoms with E-state index in [-0.39, 0.29) is 5.91 Å². The molecule has 2 aromatic carbocycles. The SMILES string of the molecule is CC[C@@H](Oc1ccc(OC)cc1)C(=O)Nc1ccc(N2CCN(C)CC2)cc1. The highest BCUT2D eigenvalue weighted by atomic mass is 16.5. The summed E-state index contributed by atoms with van der Waals surface area (Å²) in [5, 5.41) is 2.96. The van der Waals surface area contributed by atoms with Gasteiger partial charge in [0.2, 0.25) is 0 Å². The van der Waals surface area contributed by atoms with Crippen molar-refractivity contribution in [3.05, 3.63) is 48.5 Å². The molecule has 1 atom stereocenters. The predicted molar refractivity (Wildman–Crippen MR) is 112 cm³/mol. The second-order valence-corrected chi connectivity index (χ2v) is 7.02. The average Bonchev–Trinajstić information content (AvgIpc) is 2.73. The number of anilines is 2. The largest absolute Gasteiger partial charge is 0.497 e. The maximum absolute atomic E-state index is 12.6. The summed E-state index contributed by atoms with van der Waals surface area (Å²) in [4.78, 5) is 17.3. The molecule has 0 radical (unpaired) electrons. The first kappa shape index (κ1) is 20.0. The van der Waals surface area contributed by atoms with Gasteiger partial charge in [-0.15, -0.1) is 0 Å². The van der Waals surface area contributed by atoms with Gasteiger partial charge in [-0.3, -0.25) is 4.79 Å². The molecule has 3 rings (SSSR count). The number of carbonyl (C=O) groups is 1. The summed E-state index contributed by atoms with van der Waals surface area (Å²) in [5.74, 6) is 1.25. The molecule has 0 aromatic heterocycles. The Kier molecular flexibility index (Phi) is 6.76. The zero-order valence-corrected chi connectivity index (χ0v) is 16.9. The molecule has 1 N–H and O–H groups in total. The summed E-state index contributed by atoms with van der Waals surface area (Å²) >= 11 is 0. The van der Waals surface area contributed by atoms with E-state index in [4.69, 9.17) is 9.47 Å². The molecule has 6 heteroatoms. The fourth-order valence-corrected chi connectivity index (χ4v) is 3.18. The van der Waals surface area contributed by atoms with Crippen molar-refractivity contribution in [1.29, 1.82) is 0 Å². The van der Waals surface area contributed by atoms with Gasteiger partial charge in [0.25, 0.3) is 5.91 Å². The second kappa shape index (κ2) is 9.46. The van der Waals surface area contributed by atoms with Gasteiger partial charge in [0.05, 0.1) is 7.11 Å².